The van der Waals surface area contributed by atoms with Gasteiger partial charge in [-0.15, -0.1) is 0 Å². The number of nitrogens with zero attached hydrogens (tertiary/aromatic N) is 1. The molecule has 0 unspecified atom stereocenters. The Morgan fingerprint density at radius 3 is 2.77 bits per heavy atom. The number of aromatic amines is 1. The molecule has 0 saturated heterocycles. The van der Waals surface area contributed by atoms with Crippen LogP contribution in [0.25, 0.3) is 11.0 Å². The number of anilines is 1. The number of H-pyrrole nitrogens is 1. The van der Waals surface area contributed by atoms with Crippen LogP contribution in [0.5, 0.6) is 0 Å². The van der Waals surface area contributed by atoms with Crippen molar-refractivity contribution >= 4 is 28.6 Å². The van der Waals surface area contributed by atoms with Gasteiger partial charge in [-0.2, -0.15) is 0 Å². The molecule has 1 aromatic carbocycles. The van der Waals surface area contributed by atoms with Crippen molar-refractivity contribution in [3.63, 3.8) is 0 Å². The number of carbonyl (C=O) groups excluding carboxylic acids is 2. The average molecular weight is 295 g/mol. The first-order valence-corrected chi connectivity index (χ1v) is 6.61. The molecule has 0 fully saturated rings. The van der Waals surface area contributed by atoms with Crippen LogP contribution < -0.4 is 5.32 Å². The molecule has 1 amide bonds. The van der Waals surface area contributed by atoms with Crippen LogP contribution in [0.3, 0.4) is 0 Å². The van der Waals surface area contributed by atoms with Crippen LogP contribution in [0.4, 0.5) is 5.69 Å². The lowest BCUT2D eigenvalue weighted by Gasteiger charge is -2.08. The number of ether oxygens (including phenoxy) is 1. The summed E-state index contributed by atoms with van der Waals surface area (Å²) in [6.07, 6.45) is 1.66. The number of benzene rings is 1. The van der Waals surface area contributed by atoms with Crippen molar-refractivity contribution in [2.75, 3.05) is 12.4 Å². The number of rotatable bonds is 3. The van der Waals surface area contributed by atoms with Gasteiger partial charge in [0.15, 0.2) is 0 Å². The number of pyridine rings is 1. The molecule has 0 aliphatic carbocycles. The largest absolute Gasteiger partial charge is 0.465 e. The standard InChI is InChI=1S/C16H13N3O3/c1-22-16(21)10-5-2-3-6-11(10)19-15(20)14-9-13-12(18-14)7-4-8-17-13/h2-9,18H,1H3,(H,19,20). The zero-order chi connectivity index (χ0) is 15.5. The third-order valence-corrected chi connectivity index (χ3v) is 3.21. The second-order valence-corrected chi connectivity index (χ2v) is 4.61. The van der Waals surface area contributed by atoms with E-state index in [1.54, 1.807) is 42.6 Å². The maximum atomic E-state index is 12.3. The van der Waals surface area contributed by atoms with Crippen molar-refractivity contribution in [3.05, 3.63) is 59.9 Å². The van der Waals surface area contributed by atoms with E-state index < -0.39 is 5.97 Å². The molecule has 0 radical (unpaired) electrons. The fourth-order valence-corrected chi connectivity index (χ4v) is 2.15. The molecule has 3 aromatic rings. The summed E-state index contributed by atoms with van der Waals surface area (Å²) >= 11 is 0. The molecular weight excluding hydrogens is 282 g/mol. The number of amides is 1. The summed E-state index contributed by atoms with van der Waals surface area (Å²) in [5, 5.41) is 2.70. The van der Waals surface area contributed by atoms with Gasteiger partial charge in [-0.3, -0.25) is 9.78 Å². The highest BCUT2D eigenvalue weighted by Gasteiger charge is 2.15. The molecule has 2 heterocycles. The van der Waals surface area contributed by atoms with Crippen LogP contribution in [-0.2, 0) is 4.74 Å². The molecule has 6 nitrogen and oxygen atoms in total. The minimum absolute atomic E-state index is 0.299. The highest BCUT2D eigenvalue weighted by molar-refractivity contribution is 6.08. The van der Waals surface area contributed by atoms with E-state index >= 15 is 0 Å². The Kier molecular flexibility index (Phi) is 3.57. The van der Waals surface area contributed by atoms with Crippen LogP contribution in [0, 0.1) is 0 Å². The van der Waals surface area contributed by atoms with E-state index in [2.05, 4.69) is 15.3 Å². The van der Waals surface area contributed by atoms with Gasteiger partial charge in [0.1, 0.15) is 5.69 Å². The van der Waals surface area contributed by atoms with E-state index in [1.807, 2.05) is 6.07 Å². The SMILES string of the molecule is COC(=O)c1ccccc1NC(=O)c1cc2ncccc2[nH]1. The molecule has 2 N–H and O–H groups in total. The Bertz CT molecular complexity index is 821. The van der Waals surface area contributed by atoms with Gasteiger partial charge in [0.2, 0.25) is 0 Å². The molecule has 2 aromatic heterocycles. The minimum Gasteiger partial charge on any atom is -0.465 e. The number of esters is 1. The fraction of sp³-hybridized carbons (Fsp3) is 0.0625. The Labute approximate surface area is 126 Å². The normalized spacial score (nSPS) is 10.4. The summed E-state index contributed by atoms with van der Waals surface area (Å²) in [6, 6.07) is 11.9. The lowest BCUT2D eigenvalue weighted by molar-refractivity contribution is 0.0602. The summed E-state index contributed by atoms with van der Waals surface area (Å²) in [7, 11) is 1.30. The quantitative estimate of drug-likeness (QED) is 0.727. The van der Waals surface area contributed by atoms with E-state index in [1.165, 1.54) is 7.11 Å². The Morgan fingerprint density at radius 1 is 1.18 bits per heavy atom. The average Bonchev–Trinajstić information content (AvgIpc) is 2.99. The monoisotopic (exact) mass is 295 g/mol. The highest BCUT2D eigenvalue weighted by Crippen LogP contribution is 2.18. The van der Waals surface area contributed by atoms with Crippen molar-refractivity contribution in [2.45, 2.75) is 0 Å². The Morgan fingerprint density at radius 2 is 2.00 bits per heavy atom. The van der Waals surface area contributed by atoms with Crippen molar-refractivity contribution in [1.29, 1.82) is 0 Å². The summed E-state index contributed by atoms with van der Waals surface area (Å²) in [5.41, 5.74) is 2.54. The van der Waals surface area contributed by atoms with Crippen LogP contribution >= 0.6 is 0 Å². The van der Waals surface area contributed by atoms with Gasteiger partial charge in [-0.05, 0) is 30.3 Å². The van der Waals surface area contributed by atoms with Crippen molar-refractivity contribution in [2.24, 2.45) is 0 Å². The van der Waals surface area contributed by atoms with Gasteiger partial charge < -0.3 is 15.0 Å². The third-order valence-electron chi connectivity index (χ3n) is 3.21. The van der Waals surface area contributed by atoms with Gasteiger partial charge in [0, 0.05) is 6.20 Å². The molecule has 0 saturated carbocycles. The maximum Gasteiger partial charge on any atom is 0.339 e. The minimum atomic E-state index is -0.505. The van der Waals surface area contributed by atoms with Crippen LogP contribution in [-0.4, -0.2) is 29.0 Å². The Hall–Kier alpha value is -3.15. The molecule has 0 aliphatic rings. The van der Waals surface area contributed by atoms with Gasteiger partial charge in [-0.1, -0.05) is 12.1 Å². The zero-order valence-corrected chi connectivity index (χ0v) is 11.8. The first kappa shape index (κ1) is 13.8. The molecule has 3 rings (SSSR count). The van der Waals surface area contributed by atoms with E-state index in [4.69, 9.17) is 4.74 Å². The van der Waals surface area contributed by atoms with E-state index in [0.29, 0.717) is 22.5 Å². The van der Waals surface area contributed by atoms with Gasteiger partial charge in [-0.25, -0.2) is 4.79 Å². The summed E-state index contributed by atoms with van der Waals surface area (Å²) in [6.45, 7) is 0. The van der Waals surface area contributed by atoms with Gasteiger partial charge in [0.05, 0.1) is 29.4 Å². The first-order valence-electron chi connectivity index (χ1n) is 6.61. The smallest absolute Gasteiger partial charge is 0.339 e. The van der Waals surface area contributed by atoms with Crippen LogP contribution in [0.1, 0.15) is 20.8 Å². The second-order valence-electron chi connectivity index (χ2n) is 4.61. The summed E-state index contributed by atoms with van der Waals surface area (Å²) in [5.74, 6) is -0.858. The van der Waals surface area contributed by atoms with E-state index in [9.17, 15) is 9.59 Å². The van der Waals surface area contributed by atoms with E-state index in [-0.39, 0.29) is 5.91 Å². The lowest BCUT2D eigenvalue weighted by Crippen LogP contribution is -2.15. The number of hydrogen-bond acceptors (Lipinski definition) is 4. The number of nitrogens with one attached hydrogen (secondary N) is 2. The summed E-state index contributed by atoms with van der Waals surface area (Å²) < 4.78 is 4.70. The number of methoxy groups -OCH3 is 1. The highest BCUT2D eigenvalue weighted by atomic mass is 16.5. The summed E-state index contributed by atoms with van der Waals surface area (Å²) in [4.78, 5) is 31.2. The molecule has 0 aliphatic heterocycles. The van der Waals surface area contributed by atoms with Crippen LogP contribution in [0.2, 0.25) is 0 Å². The molecule has 0 atom stereocenters. The molecule has 0 spiro atoms. The maximum absolute atomic E-state index is 12.3. The number of hydrogen-bond donors (Lipinski definition) is 2. The Balaban J connectivity index is 1.90. The van der Waals surface area contributed by atoms with Gasteiger partial charge in [0.25, 0.3) is 5.91 Å². The fourth-order valence-electron chi connectivity index (χ4n) is 2.15. The van der Waals surface area contributed by atoms with Gasteiger partial charge >= 0.3 is 5.97 Å². The first-order chi connectivity index (χ1) is 10.7. The third kappa shape index (κ3) is 2.54. The molecular formula is C16H13N3O3. The number of para-hydroxylation sites is 1. The zero-order valence-electron chi connectivity index (χ0n) is 11.8. The lowest BCUT2D eigenvalue weighted by atomic mass is 10.1. The molecule has 0 bridgehead atoms. The molecule has 22 heavy (non-hydrogen) atoms. The van der Waals surface area contributed by atoms with Crippen molar-refractivity contribution in [1.82, 2.24) is 9.97 Å². The molecule has 6 heteroatoms. The number of fused-ring (bicyclic) bond motifs is 1. The predicted molar refractivity (Wildman–Crippen MR) is 81.8 cm³/mol. The van der Waals surface area contributed by atoms with Crippen LogP contribution in [0.15, 0.2) is 48.7 Å². The topological polar surface area (TPSA) is 84.1 Å². The van der Waals surface area contributed by atoms with E-state index in [0.717, 1.165) is 5.52 Å². The molecule has 110 valence electrons. The number of aromatic nitrogens is 2. The van der Waals surface area contributed by atoms with Crippen molar-refractivity contribution < 1.29 is 14.3 Å². The van der Waals surface area contributed by atoms with Crippen molar-refractivity contribution in [3.8, 4) is 0 Å². The predicted octanol–water partition coefficient (Wildman–Crippen LogP) is 2.60. The number of carbonyl (C=O) groups is 2. The second kappa shape index (κ2) is 5.69.